The first kappa shape index (κ1) is 18.5. The van der Waals surface area contributed by atoms with Crippen LogP contribution in [-0.2, 0) is 14.8 Å². The van der Waals surface area contributed by atoms with E-state index in [0.29, 0.717) is 41.9 Å². The largest absolute Gasteiger partial charge is 0.326 e. The SMILES string of the molecule is CN1CCN(S(=O)(=O)CCC(=O)Nc2cc(Cl)cc(Cl)c2)CC1. The summed E-state index contributed by atoms with van der Waals surface area (Å²) >= 11 is 11.7. The van der Waals surface area contributed by atoms with Gasteiger partial charge in [0.25, 0.3) is 0 Å². The van der Waals surface area contributed by atoms with E-state index in [2.05, 4.69) is 10.2 Å². The molecule has 0 atom stereocenters. The fourth-order valence-electron chi connectivity index (χ4n) is 2.27. The molecule has 6 nitrogen and oxygen atoms in total. The molecule has 1 fully saturated rings. The number of carbonyl (C=O) groups excluding carboxylic acids is 1. The van der Waals surface area contributed by atoms with Crippen LogP contribution in [-0.4, -0.2) is 62.5 Å². The molecule has 0 bridgehead atoms. The Hall–Kier alpha value is -0.860. The van der Waals surface area contributed by atoms with Gasteiger partial charge in [-0.15, -0.1) is 0 Å². The van der Waals surface area contributed by atoms with Gasteiger partial charge >= 0.3 is 0 Å². The number of likely N-dealkylation sites (N-methyl/N-ethyl adjacent to an activating group) is 1. The van der Waals surface area contributed by atoms with Crippen molar-refractivity contribution in [3.63, 3.8) is 0 Å². The van der Waals surface area contributed by atoms with Crippen molar-refractivity contribution in [2.75, 3.05) is 44.3 Å². The molecule has 1 amide bonds. The molecule has 0 spiro atoms. The standard InChI is InChI=1S/C14H19Cl2N3O3S/c1-18-3-5-19(6-4-18)23(21,22)7-2-14(20)17-13-9-11(15)8-12(16)10-13/h8-10H,2-7H2,1H3,(H,17,20). The lowest BCUT2D eigenvalue weighted by Crippen LogP contribution is -2.47. The monoisotopic (exact) mass is 379 g/mol. The van der Waals surface area contributed by atoms with Crippen molar-refractivity contribution in [1.82, 2.24) is 9.21 Å². The van der Waals surface area contributed by atoms with Crippen LogP contribution in [0.25, 0.3) is 0 Å². The maximum atomic E-state index is 12.2. The van der Waals surface area contributed by atoms with Gasteiger partial charge in [0.2, 0.25) is 15.9 Å². The average molecular weight is 380 g/mol. The van der Waals surface area contributed by atoms with Gasteiger partial charge in [0, 0.05) is 48.3 Å². The highest BCUT2D eigenvalue weighted by Crippen LogP contribution is 2.22. The number of nitrogens with zero attached hydrogens (tertiary/aromatic N) is 2. The number of amides is 1. The zero-order valence-corrected chi connectivity index (χ0v) is 15.1. The molecule has 0 radical (unpaired) electrons. The van der Waals surface area contributed by atoms with Crippen LogP contribution < -0.4 is 5.32 Å². The van der Waals surface area contributed by atoms with Gasteiger partial charge in [-0.05, 0) is 25.2 Å². The van der Waals surface area contributed by atoms with E-state index in [0.717, 1.165) is 0 Å². The van der Waals surface area contributed by atoms with E-state index >= 15 is 0 Å². The molecule has 1 N–H and O–H groups in total. The number of carbonyl (C=O) groups is 1. The zero-order chi connectivity index (χ0) is 17.0. The quantitative estimate of drug-likeness (QED) is 0.847. The molecular weight excluding hydrogens is 361 g/mol. The van der Waals surface area contributed by atoms with Crippen LogP contribution in [0, 0.1) is 0 Å². The normalized spacial score (nSPS) is 17.2. The number of nitrogens with one attached hydrogen (secondary N) is 1. The third-order valence-electron chi connectivity index (χ3n) is 3.59. The summed E-state index contributed by atoms with van der Waals surface area (Å²) in [4.78, 5) is 14.0. The Morgan fingerprint density at radius 2 is 1.70 bits per heavy atom. The lowest BCUT2D eigenvalue weighted by molar-refractivity contribution is -0.115. The highest BCUT2D eigenvalue weighted by atomic mass is 35.5. The third-order valence-corrected chi connectivity index (χ3v) is 5.90. The highest BCUT2D eigenvalue weighted by molar-refractivity contribution is 7.89. The van der Waals surface area contributed by atoms with Crippen LogP contribution >= 0.6 is 23.2 Å². The van der Waals surface area contributed by atoms with E-state index in [9.17, 15) is 13.2 Å². The number of piperazine rings is 1. The van der Waals surface area contributed by atoms with Crippen molar-refractivity contribution in [3.8, 4) is 0 Å². The van der Waals surface area contributed by atoms with Gasteiger partial charge in [-0.2, -0.15) is 4.31 Å². The Bertz CT molecular complexity index is 654. The summed E-state index contributed by atoms with van der Waals surface area (Å²) in [6, 6.07) is 4.66. The second-order valence-electron chi connectivity index (χ2n) is 5.47. The molecule has 0 unspecified atom stereocenters. The Kier molecular flexibility index (Phi) is 6.27. The van der Waals surface area contributed by atoms with Crippen molar-refractivity contribution < 1.29 is 13.2 Å². The van der Waals surface area contributed by atoms with E-state index in [1.165, 1.54) is 4.31 Å². The average Bonchev–Trinajstić information content (AvgIpc) is 2.44. The summed E-state index contributed by atoms with van der Waals surface area (Å²) in [6.45, 7) is 2.33. The highest BCUT2D eigenvalue weighted by Gasteiger charge is 2.26. The molecule has 1 aliphatic rings. The molecule has 23 heavy (non-hydrogen) atoms. The third kappa shape index (κ3) is 5.61. The first-order valence-corrected chi connectivity index (χ1v) is 9.55. The fourth-order valence-corrected chi connectivity index (χ4v) is 4.21. The number of rotatable bonds is 5. The summed E-state index contributed by atoms with van der Waals surface area (Å²) in [5, 5.41) is 3.41. The van der Waals surface area contributed by atoms with Crippen molar-refractivity contribution >= 4 is 44.8 Å². The molecular formula is C14H19Cl2N3O3S. The maximum Gasteiger partial charge on any atom is 0.225 e. The van der Waals surface area contributed by atoms with E-state index in [-0.39, 0.29) is 18.1 Å². The molecule has 9 heteroatoms. The van der Waals surface area contributed by atoms with Crippen LogP contribution in [0.1, 0.15) is 6.42 Å². The summed E-state index contributed by atoms with van der Waals surface area (Å²) in [7, 11) is -1.46. The number of anilines is 1. The number of halogens is 2. The van der Waals surface area contributed by atoms with Gasteiger partial charge in [0.15, 0.2) is 0 Å². The second-order valence-corrected chi connectivity index (χ2v) is 8.44. The van der Waals surface area contributed by atoms with Gasteiger partial charge in [-0.3, -0.25) is 4.79 Å². The Morgan fingerprint density at radius 1 is 1.13 bits per heavy atom. The van der Waals surface area contributed by atoms with Crippen molar-refractivity contribution in [2.24, 2.45) is 0 Å². The molecule has 128 valence electrons. The van der Waals surface area contributed by atoms with Crippen LogP contribution in [0.2, 0.25) is 10.0 Å². The van der Waals surface area contributed by atoms with E-state index in [1.807, 2.05) is 7.05 Å². The topological polar surface area (TPSA) is 69.7 Å². The Balaban J connectivity index is 1.88. The first-order valence-electron chi connectivity index (χ1n) is 7.18. The van der Waals surface area contributed by atoms with Crippen molar-refractivity contribution in [2.45, 2.75) is 6.42 Å². The molecule has 0 saturated carbocycles. The van der Waals surface area contributed by atoms with Gasteiger partial charge in [-0.25, -0.2) is 8.42 Å². The molecule has 1 saturated heterocycles. The van der Waals surface area contributed by atoms with Crippen LogP contribution in [0.3, 0.4) is 0 Å². The minimum absolute atomic E-state index is 0.112. The maximum absolute atomic E-state index is 12.2. The molecule has 0 aromatic heterocycles. The molecule has 1 aliphatic heterocycles. The number of sulfonamides is 1. The van der Waals surface area contributed by atoms with Gasteiger partial charge in [0.1, 0.15) is 0 Å². The summed E-state index contributed by atoms with van der Waals surface area (Å²) in [5.41, 5.74) is 0.449. The lowest BCUT2D eigenvalue weighted by atomic mass is 10.3. The number of hydrogen-bond donors (Lipinski definition) is 1. The predicted molar refractivity (Wildman–Crippen MR) is 92.6 cm³/mol. The van der Waals surface area contributed by atoms with Crippen LogP contribution in [0.4, 0.5) is 5.69 Å². The first-order chi connectivity index (χ1) is 10.8. The number of hydrogen-bond acceptors (Lipinski definition) is 4. The fraction of sp³-hybridized carbons (Fsp3) is 0.500. The second kappa shape index (κ2) is 7.81. The predicted octanol–water partition coefficient (Wildman–Crippen LogP) is 1.90. The van der Waals surface area contributed by atoms with Gasteiger partial charge < -0.3 is 10.2 Å². The smallest absolute Gasteiger partial charge is 0.225 e. The number of benzene rings is 1. The van der Waals surface area contributed by atoms with Crippen molar-refractivity contribution in [3.05, 3.63) is 28.2 Å². The van der Waals surface area contributed by atoms with E-state index < -0.39 is 10.0 Å². The Labute approximate surface area is 146 Å². The summed E-state index contributed by atoms with van der Waals surface area (Å²) < 4.78 is 25.9. The zero-order valence-electron chi connectivity index (χ0n) is 12.8. The van der Waals surface area contributed by atoms with E-state index in [1.54, 1.807) is 18.2 Å². The molecule has 2 rings (SSSR count). The van der Waals surface area contributed by atoms with Crippen molar-refractivity contribution in [1.29, 1.82) is 0 Å². The molecule has 1 heterocycles. The lowest BCUT2D eigenvalue weighted by Gasteiger charge is -2.31. The molecule has 1 aromatic rings. The van der Waals surface area contributed by atoms with Crippen LogP contribution in [0.15, 0.2) is 18.2 Å². The molecule has 1 aromatic carbocycles. The van der Waals surface area contributed by atoms with Crippen LogP contribution in [0.5, 0.6) is 0 Å². The van der Waals surface area contributed by atoms with Gasteiger partial charge in [0.05, 0.1) is 5.75 Å². The minimum atomic E-state index is -3.42. The van der Waals surface area contributed by atoms with E-state index in [4.69, 9.17) is 23.2 Å². The van der Waals surface area contributed by atoms with Gasteiger partial charge in [-0.1, -0.05) is 23.2 Å². The summed E-state index contributed by atoms with van der Waals surface area (Å²) in [6.07, 6.45) is -0.112. The Morgan fingerprint density at radius 3 is 2.26 bits per heavy atom. The summed E-state index contributed by atoms with van der Waals surface area (Å²) in [5.74, 6) is -0.599. The minimum Gasteiger partial charge on any atom is -0.326 e. The molecule has 0 aliphatic carbocycles.